The standard InChI is InChI=1S/C9H9F2N3S/c1-15-9-13-6-3-2-4-12-8(6)14(9)5-7(10)11/h2-4,7H,5H2,1H3. The first-order valence-corrected chi connectivity index (χ1v) is 5.58. The first-order valence-electron chi connectivity index (χ1n) is 4.35. The third-order valence-corrected chi connectivity index (χ3v) is 2.65. The molecule has 0 fully saturated rings. The first kappa shape index (κ1) is 10.4. The highest BCUT2D eigenvalue weighted by molar-refractivity contribution is 7.98. The highest BCUT2D eigenvalue weighted by atomic mass is 32.2. The van der Waals surface area contributed by atoms with Crippen LogP contribution in [-0.4, -0.2) is 27.2 Å². The van der Waals surface area contributed by atoms with Gasteiger partial charge in [-0.25, -0.2) is 18.7 Å². The molecule has 0 aliphatic rings. The van der Waals surface area contributed by atoms with Crippen LogP contribution in [0, 0.1) is 0 Å². The predicted molar refractivity (Wildman–Crippen MR) is 55.3 cm³/mol. The molecule has 0 atom stereocenters. The molecular formula is C9H9F2N3S. The molecular weight excluding hydrogens is 220 g/mol. The maximum Gasteiger partial charge on any atom is 0.256 e. The molecule has 2 aromatic heterocycles. The Bertz CT molecular complexity index is 469. The van der Waals surface area contributed by atoms with E-state index in [1.54, 1.807) is 18.3 Å². The minimum absolute atomic E-state index is 0.357. The zero-order valence-corrected chi connectivity index (χ0v) is 8.84. The monoisotopic (exact) mass is 229 g/mol. The Balaban J connectivity index is 2.56. The molecule has 0 bridgehead atoms. The number of imidazole rings is 1. The summed E-state index contributed by atoms with van der Waals surface area (Å²) in [4.78, 5) is 8.27. The molecule has 0 spiro atoms. The van der Waals surface area contributed by atoms with Gasteiger partial charge in [0.25, 0.3) is 6.43 Å². The van der Waals surface area contributed by atoms with E-state index in [4.69, 9.17) is 0 Å². The number of pyridine rings is 1. The van der Waals surface area contributed by atoms with Gasteiger partial charge < -0.3 is 0 Å². The van der Waals surface area contributed by atoms with Gasteiger partial charge in [-0.15, -0.1) is 0 Å². The second kappa shape index (κ2) is 4.14. The van der Waals surface area contributed by atoms with Crippen LogP contribution in [0.3, 0.4) is 0 Å². The van der Waals surface area contributed by atoms with Crippen molar-refractivity contribution in [2.45, 2.75) is 18.1 Å². The second-order valence-electron chi connectivity index (χ2n) is 2.95. The fourth-order valence-electron chi connectivity index (χ4n) is 1.40. The smallest absolute Gasteiger partial charge is 0.256 e. The summed E-state index contributed by atoms with van der Waals surface area (Å²) in [6.07, 6.45) is 0.995. The lowest BCUT2D eigenvalue weighted by Gasteiger charge is -2.04. The van der Waals surface area contributed by atoms with Crippen molar-refractivity contribution in [3.8, 4) is 0 Å². The lowest BCUT2D eigenvalue weighted by molar-refractivity contribution is 0.124. The fraction of sp³-hybridized carbons (Fsp3) is 0.333. The number of halogens is 2. The van der Waals surface area contributed by atoms with Gasteiger partial charge >= 0.3 is 0 Å². The topological polar surface area (TPSA) is 30.7 Å². The summed E-state index contributed by atoms with van der Waals surface area (Å²) in [6, 6.07) is 3.51. The highest BCUT2D eigenvalue weighted by Crippen LogP contribution is 2.21. The molecule has 0 N–H and O–H groups in total. The number of fused-ring (bicyclic) bond motifs is 1. The zero-order chi connectivity index (χ0) is 10.8. The Labute approximate surface area is 89.5 Å². The molecule has 0 aromatic carbocycles. The van der Waals surface area contributed by atoms with Crippen molar-refractivity contribution in [3.05, 3.63) is 18.3 Å². The summed E-state index contributed by atoms with van der Waals surface area (Å²) < 4.78 is 26.2. The predicted octanol–water partition coefficient (Wildman–Crippen LogP) is 2.42. The molecule has 0 saturated carbocycles. The Kier molecular flexibility index (Phi) is 2.86. The summed E-state index contributed by atoms with van der Waals surface area (Å²) >= 11 is 1.34. The first-order chi connectivity index (χ1) is 7.22. The van der Waals surface area contributed by atoms with Crippen molar-refractivity contribution < 1.29 is 8.78 Å². The number of rotatable bonds is 3. The largest absolute Gasteiger partial charge is 0.298 e. The Morgan fingerprint density at radius 3 is 3.00 bits per heavy atom. The van der Waals surface area contributed by atoms with Crippen LogP contribution in [0.25, 0.3) is 11.2 Å². The van der Waals surface area contributed by atoms with Crippen molar-refractivity contribution in [2.75, 3.05) is 6.26 Å². The summed E-state index contributed by atoms with van der Waals surface area (Å²) in [7, 11) is 0. The number of hydrogen-bond donors (Lipinski definition) is 0. The van der Waals surface area contributed by atoms with Gasteiger partial charge in [-0.3, -0.25) is 4.57 Å². The number of aromatic nitrogens is 3. The average molecular weight is 229 g/mol. The third kappa shape index (κ3) is 1.94. The van der Waals surface area contributed by atoms with Gasteiger partial charge in [-0.05, 0) is 18.4 Å². The quantitative estimate of drug-likeness (QED) is 0.757. The number of alkyl halides is 2. The normalized spacial score (nSPS) is 11.5. The van der Waals surface area contributed by atoms with Crippen LogP contribution >= 0.6 is 11.8 Å². The molecule has 0 aliphatic carbocycles. The van der Waals surface area contributed by atoms with E-state index in [9.17, 15) is 8.78 Å². The Hall–Kier alpha value is -1.17. The lowest BCUT2D eigenvalue weighted by atomic mass is 10.4. The van der Waals surface area contributed by atoms with E-state index in [-0.39, 0.29) is 6.54 Å². The van der Waals surface area contributed by atoms with Crippen molar-refractivity contribution in [1.29, 1.82) is 0 Å². The summed E-state index contributed by atoms with van der Waals surface area (Å²) in [6.45, 7) is -0.357. The summed E-state index contributed by atoms with van der Waals surface area (Å²) in [5.74, 6) is 0. The van der Waals surface area contributed by atoms with Crippen molar-refractivity contribution >= 4 is 22.9 Å². The van der Waals surface area contributed by atoms with Crippen molar-refractivity contribution in [2.24, 2.45) is 0 Å². The zero-order valence-electron chi connectivity index (χ0n) is 8.02. The minimum Gasteiger partial charge on any atom is -0.298 e. The van der Waals surface area contributed by atoms with Crippen LogP contribution < -0.4 is 0 Å². The van der Waals surface area contributed by atoms with E-state index >= 15 is 0 Å². The van der Waals surface area contributed by atoms with Gasteiger partial charge in [-0.1, -0.05) is 11.8 Å². The summed E-state index contributed by atoms with van der Waals surface area (Å²) in [5.41, 5.74) is 1.17. The van der Waals surface area contributed by atoms with Crippen LogP contribution in [0.15, 0.2) is 23.5 Å². The van der Waals surface area contributed by atoms with Crippen LogP contribution in [0.4, 0.5) is 8.78 Å². The highest BCUT2D eigenvalue weighted by Gasteiger charge is 2.14. The van der Waals surface area contributed by atoms with Gasteiger partial charge in [0.2, 0.25) is 0 Å². The lowest BCUT2D eigenvalue weighted by Crippen LogP contribution is -2.08. The average Bonchev–Trinajstić information content (AvgIpc) is 2.56. The molecule has 80 valence electrons. The maximum atomic E-state index is 12.4. The van der Waals surface area contributed by atoms with E-state index in [2.05, 4.69) is 9.97 Å². The molecule has 3 nitrogen and oxygen atoms in total. The molecule has 0 unspecified atom stereocenters. The van der Waals surface area contributed by atoms with Gasteiger partial charge in [-0.2, -0.15) is 0 Å². The van der Waals surface area contributed by atoms with Crippen LogP contribution in [0.5, 0.6) is 0 Å². The van der Waals surface area contributed by atoms with Crippen molar-refractivity contribution in [1.82, 2.24) is 14.5 Å². The molecule has 0 radical (unpaired) electrons. The molecule has 0 amide bonds. The molecule has 2 heterocycles. The van der Waals surface area contributed by atoms with Crippen molar-refractivity contribution in [3.63, 3.8) is 0 Å². The molecule has 0 saturated heterocycles. The van der Waals surface area contributed by atoms with Gasteiger partial charge in [0.05, 0.1) is 6.54 Å². The second-order valence-corrected chi connectivity index (χ2v) is 3.72. The molecule has 2 aromatic rings. The van der Waals surface area contributed by atoms with E-state index in [0.29, 0.717) is 16.3 Å². The summed E-state index contributed by atoms with van der Waals surface area (Å²) in [5, 5.41) is 0.573. The molecule has 2 rings (SSSR count). The molecule has 0 aliphatic heterocycles. The third-order valence-electron chi connectivity index (χ3n) is 1.97. The Morgan fingerprint density at radius 2 is 2.33 bits per heavy atom. The minimum atomic E-state index is -2.39. The van der Waals surface area contributed by atoms with Crippen LogP contribution in [0.1, 0.15) is 0 Å². The van der Waals surface area contributed by atoms with E-state index < -0.39 is 6.43 Å². The van der Waals surface area contributed by atoms with Gasteiger partial charge in [0, 0.05) is 6.20 Å². The molecule has 6 heteroatoms. The van der Waals surface area contributed by atoms with E-state index in [0.717, 1.165) is 0 Å². The van der Waals surface area contributed by atoms with Crippen LogP contribution in [0.2, 0.25) is 0 Å². The van der Waals surface area contributed by atoms with Gasteiger partial charge in [0.15, 0.2) is 10.8 Å². The van der Waals surface area contributed by atoms with E-state index in [1.165, 1.54) is 16.3 Å². The Morgan fingerprint density at radius 1 is 1.53 bits per heavy atom. The SMILES string of the molecule is CSc1nc2cccnc2n1CC(F)F. The number of thioether (sulfide) groups is 1. The van der Waals surface area contributed by atoms with Gasteiger partial charge in [0.1, 0.15) is 5.52 Å². The number of hydrogen-bond acceptors (Lipinski definition) is 3. The molecule has 15 heavy (non-hydrogen) atoms. The van der Waals surface area contributed by atoms with Crippen LogP contribution in [-0.2, 0) is 6.54 Å². The fourth-order valence-corrected chi connectivity index (χ4v) is 1.97. The number of nitrogens with zero attached hydrogens (tertiary/aromatic N) is 3. The van der Waals surface area contributed by atoms with E-state index in [1.807, 2.05) is 6.26 Å². The maximum absolute atomic E-state index is 12.4.